The fourth-order valence-electron chi connectivity index (χ4n) is 5.76. The molecule has 6 aromatic rings. The molecule has 0 atom stereocenters. The van der Waals surface area contributed by atoms with E-state index in [-0.39, 0.29) is 17.2 Å². The number of aryl methyl sites for hydroxylation is 3. The van der Waals surface area contributed by atoms with E-state index >= 15 is 0 Å². The molecule has 260 valence electrons. The molecule has 0 spiro atoms. The third-order valence-electron chi connectivity index (χ3n) is 8.85. The fraction of sp³-hybridized carbons (Fsp3) is 0.220. The number of ether oxygens (including phenoxy) is 2. The van der Waals surface area contributed by atoms with E-state index in [1.54, 1.807) is 48.3 Å². The molecule has 0 saturated carbocycles. The summed E-state index contributed by atoms with van der Waals surface area (Å²) in [5.41, 5.74) is 3.23. The highest BCUT2D eigenvalue weighted by atomic mass is 16.5. The number of aliphatic imine (C=N–C) groups is 1. The summed E-state index contributed by atoms with van der Waals surface area (Å²) in [6.07, 6.45) is 9.17. The Bertz CT molecular complexity index is 2110. The van der Waals surface area contributed by atoms with Crippen molar-refractivity contribution >= 4 is 23.2 Å². The zero-order valence-corrected chi connectivity index (χ0v) is 29.5. The minimum Gasteiger partial charge on any atom is -0.853 e. The largest absolute Gasteiger partial charge is 0.853 e. The van der Waals surface area contributed by atoms with Gasteiger partial charge in [-0.2, -0.15) is 0 Å². The SMILES string of the molecule is CCCCn1cc[n+](C)c1C([O-])=Nc1ccc(Oc2ccc(C(C)(C)c3ccc(Oc4ccc(NC(=O)c5nccn5C)cc4)cc3)cc2)cc1. The van der Waals surface area contributed by atoms with Crippen molar-refractivity contribution in [2.24, 2.45) is 19.1 Å². The van der Waals surface area contributed by atoms with E-state index in [0.29, 0.717) is 46.0 Å². The number of anilines is 1. The molecule has 0 unspecified atom stereocenters. The van der Waals surface area contributed by atoms with Crippen LogP contribution < -0.4 is 24.5 Å². The summed E-state index contributed by atoms with van der Waals surface area (Å²) in [4.78, 5) is 20.8. The summed E-state index contributed by atoms with van der Waals surface area (Å²) < 4.78 is 17.6. The Labute approximate surface area is 298 Å². The predicted molar refractivity (Wildman–Crippen MR) is 196 cm³/mol. The number of imidazole rings is 2. The summed E-state index contributed by atoms with van der Waals surface area (Å²) in [5, 5.41) is 15.8. The molecule has 51 heavy (non-hydrogen) atoms. The van der Waals surface area contributed by atoms with Gasteiger partial charge in [-0.05, 0) is 90.3 Å². The van der Waals surface area contributed by atoms with Gasteiger partial charge in [0, 0.05) is 30.5 Å². The highest BCUT2D eigenvalue weighted by molar-refractivity contribution is 6.01. The minimum absolute atomic E-state index is 0.271. The number of aromatic nitrogens is 4. The van der Waals surface area contributed by atoms with Gasteiger partial charge < -0.3 is 24.5 Å². The topological polar surface area (TPSA) is 110 Å². The number of benzene rings is 4. The van der Waals surface area contributed by atoms with Crippen LogP contribution in [0.5, 0.6) is 23.0 Å². The normalized spacial score (nSPS) is 11.7. The smallest absolute Gasteiger partial charge is 0.292 e. The maximum absolute atomic E-state index is 13.0. The lowest BCUT2D eigenvalue weighted by Crippen LogP contribution is -2.40. The van der Waals surface area contributed by atoms with Gasteiger partial charge >= 0.3 is 0 Å². The van der Waals surface area contributed by atoms with Crippen LogP contribution in [0.15, 0.2) is 127 Å². The van der Waals surface area contributed by atoms with E-state index in [0.717, 1.165) is 30.5 Å². The van der Waals surface area contributed by atoms with E-state index in [9.17, 15) is 9.90 Å². The summed E-state index contributed by atoms with van der Waals surface area (Å²) in [5.74, 6) is 3.09. The molecule has 0 saturated heterocycles. The number of carbonyl (C=O) groups is 1. The Hall–Kier alpha value is -6.16. The second kappa shape index (κ2) is 15.2. The molecule has 1 N–H and O–H groups in total. The quantitative estimate of drug-likeness (QED) is 0.0774. The first-order valence-electron chi connectivity index (χ1n) is 17.0. The highest BCUT2D eigenvalue weighted by Gasteiger charge is 2.23. The van der Waals surface area contributed by atoms with Crippen molar-refractivity contribution in [1.29, 1.82) is 0 Å². The second-order valence-corrected chi connectivity index (χ2v) is 12.9. The van der Waals surface area contributed by atoms with E-state index < -0.39 is 0 Å². The van der Waals surface area contributed by atoms with Crippen molar-refractivity contribution in [2.45, 2.75) is 45.6 Å². The zero-order valence-electron chi connectivity index (χ0n) is 29.5. The van der Waals surface area contributed by atoms with Gasteiger partial charge in [0.05, 0.1) is 25.2 Å². The maximum atomic E-state index is 13.0. The van der Waals surface area contributed by atoms with Crippen LogP contribution in [0, 0.1) is 0 Å². The van der Waals surface area contributed by atoms with Crippen LogP contribution in [0.1, 0.15) is 61.2 Å². The maximum Gasteiger partial charge on any atom is 0.292 e. The van der Waals surface area contributed by atoms with Crippen LogP contribution in [0.25, 0.3) is 0 Å². The van der Waals surface area contributed by atoms with Crippen molar-refractivity contribution in [3.8, 4) is 23.0 Å². The number of nitrogens with zero attached hydrogens (tertiary/aromatic N) is 5. The molecule has 0 aliphatic rings. The lowest BCUT2D eigenvalue weighted by molar-refractivity contribution is -0.674. The first-order chi connectivity index (χ1) is 24.6. The van der Waals surface area contributed by atoms with E-state index in [1.165, 1.54) is 0 Å². The van der Waals surface area contributed by atoms with Gasteiger partial charge in [-0.3, -0.25) is 9.79 Å². The highest BCUT2D eigenvalue weighted by Crippen LogP contribution is 2.35. The Morgan fingerprint density at radius 1 is 0.843 bits per heavy atom. The van der Waals surface area contributed by atoms with Crippen LogP contribution in [0.4, 0.5) is 11.4 Å². The molecule has 0 radical (unpaired) electrons. The van der Waals surface area contributed by atoms with Gasteiger partial charge in [0.1, 0.15) is 35.4 Å². The Balaban J connectivity index is 1.04. The van der Waals surface area contributed by atoms with Crippen LogP contribution in [-0.2, 0) is 26.1 Å². The number of hydrogen-bond donors (Lipinski definition) is 1. The number of hydrogen-bond acceptors (Lipinski definition) is 6. The Morgan fingerprint density at radius 2 is 1.37 bits per heavy atom. The molecule has 2 aromatic heterocycles. The number of nitrogens with one attached hydrogen (secondary N) is 1. The van der Waals surface area contributed by atoms with Crippen LogP contribution in [0.2, 0.25) is 0 Å². The average Bonchev–Trinajstić information content (AvgIpc) is 3.74. The summed E-state index contributed by atoms with van der Waals surface area (Å²) in [7, 11) is 3.64. The third-order valence-corrected chi connectivity index (χ3v) is 8.85. The number of carbonyl (C=O) groups excluding carboxylic acids is 1. The van der Waals surface area contributed by atoms with Gasteiger partial charge in [-0.25, -0.2) is 14.1 Å². The molecule has 6 rings (SSSR count). The van der Waals surface area contributed by atoms with Crippen LogP contribution >= 0.6 is 0 Å². The Kier molecular flexibility index (Phi) is 10.3. The van der Waals surface area contributed by atoms with Crippen LogP contribution in [0.3, 0.4) is 0 Å². The summed E-state index contributed by atoms with van der Waals surface area (Å²) in [6.45, 7) is 7.28. The third kappa shape index (κ3) is 8.18. The van der Waals surface area contributed by atoms with Gasteiger partial charge in [0.2, 0.25) is 0 Å². The molecule has 0 aliphatic heterocycles. The van der Waals surface area contributed by atoms with Crippen molar-refractivity contribution in [1.82, 2.24) is 14.1 Å². The van der Waals surface area contributed by atoms with Gasteiger partial charge in [0.25, 0.3) is 11.7 Å². The summed E-state index contributed by atoms with van der Waals surface area (Å²) >= 11 is 0. The second-order valence-electron chi connectivity index (χ2n) is 12.9. The summed E-state index contributed by atoms with van der Waals surface area (Å²) in [6, 6.07) is 30.6. The standard InChI is InChI=1S/C41H42N6O4/c1-6-7-25-47-28-27-46(5)40(47)39(49)44-32-14-22-36(23-15-32)51-34-18-10-30(11-19-34)41(2,3)29-8-16-33(17-9-29)50-35-20-12-31(13-21-35)43-38(48)37-42-24-26-45(37)4/h8-24,26-28H,6-7,25H2,1-5H3,(H-,43,44,48,49). The molecule has 0 aliphatic carbocycles. The first kappa shape index (κ1) is 34.7. The van der Waals surface area contributed by atoms with Gasteiger partial charge in [0.15, 0.2) is 5.82 Å². The molecule has 4 aromatic carbocycles. The monoisotopic (exact) mass is 682 g/mol. The predicted octanol–water partition coefficient (Wildman–Crippen LogP) is 7.45. The Morgan fingerprint density at radius 3 is 1.88 bits per heavy atom. The minimum atomic E-state index is -0.275. The molecular formula is C41H42N6O4. The number of unbranched alkanes of at least 4 members (excludes halogenated alkanes) is 1. The fourth-order valence-corrected chi connectivity index (χ4v) is 5.76. The lowest BCUT2D eigenvalue weighted by atomic mass is 9.78. The molecule has 2 heterocycles. The first-order valence-corrected chi connectivity index (χ1v) is 17.0. The molecule has 0 bridgehead atoms. The number of amides is 1. The molecule has 10 nitrogen and oxygen atoms in total. The van der Waals surface area contributed by atoms with Gasteiger partial charge in [-0.1, -0.05) is 51.5 Å². The average molecular weight is 683 g/mol. The molecule has 10 heteroatoms. The van der Waals surface area contributed by atoms with Crippen LogP contribution in [-0.4, -0.2) is 25.9 Å². The van der Waals surface area contributed by atoms with Crippen molar-refractivity contribution < 1.29 is 23.9 Å². The molecule has 1 amide bonds. The zero-order chi connectivity index (χ0) is 36.0. The van der Waals surface area contributed by atoms with E-state index in [4.69, 9.17) is 9.47 Å². The lowest BCUT2D eigenvalue weighted by Gasteiger charge is -2.26. The van der Waals surface area contributed by atoms with Crippen molar-refractivity contribution in [3.05, 3.63) is 145 Å². The molecule has 0 fully saturated rings. The van der Waals surface area contributed by atoms with Crippen molar-refractivity contribution in [3.63, 3.8) is 0 Å². The van der Waals surface area contributed by atoms with E-state index in [1.807, 2.05) is 77.1 Å². The molecular weight excluding hydrogens is 640 g/mol. The van der Waals surface area contributed by atoms with Gasteiger partial charge in [-0.15, -0.1) is 0 Å². The van der Waals surface area contributed by atoms with Crippen molar-refractivity contribution in [2.75, 3.05) is 5.32 Å². The van der Waals surface area contributed by atoms with E-state index in [2.05, 4.69) is 60.3 Å². The number of rotatable bonds is 13.